The molecule has 0 spiro atoms. The first-order valence-corrected chi connectivity index (χ1v) is 14.1. The van der Waals surface area contributed by atoms with Gasteiger partial charge in [-0.1, -0.05) is 37.3 Å². The van der Waals surface area contributed by atoms with Gasteiger partial charge in [-0.3, -0.25) is 9.13 Å². The van der Waals surface area contributed by atoms with Crippen LogP contribution in [0.25, 0.3) is 11.2 Å². The number of aromatic nitrogens is 4. The Hall–Kier alpha value is -1.51. The maximum Gasteiger partial charge on any atom is 0.325 e. The molecule has 3 atom stereocenters. The monoisotopic (exact) mass is 550 g/mol. The zero-order chi connectivity index (χ0) is 26.0. The lowest BCUT2D eigenvalue weighted by atomic mass is 10.1. The molecule has 0 aromatic carbocycles. The number of fused-ring (bicyclic) bond motifs is 1. The molecule has 15 heteroatoms. The summed E-state index contributed by atoms with van der Waals surface area (Å²) in [4.78, 5) is 30.9. The van der Waals surface area contributed by atoms with Crippen molar-refractivity contribution in [3.8, 4) is 0 Å². The lowest BCUT2D eigenvalue weighted by molar-refractivity contribution is -0.109. The molecule has 0 amide bonds. The Kier molecular flexibility index (Phi) is 12.1. The van der Waals surface area contributed by atoms with Crippen molar-refractivity contribution in [2.75, 3.05) is 31.2 Å². The highest BCUT2D eigenvalue weighted by molar-refractivity contribution is 7.80. The van der Waals surface area contributed by atoms with E-state index in [0.717, 1.165) is 37.2 Å². The molecule has 2 rings (SSSR count). The smallest absolute Gasteiger partial charge is 0.325 e. The number of hydrogen-bond donors (Lipinski definition) is 7. The molecule has 35 heavy (non-hydrogen) atoms. The highest BCUT2D eigenvalue weighted by atomic mass is 32.1. The van der Waals surface area contributed by atoms with Gasteiger partial charge in [0.2, 0.25) is 5.95 Å². The zero-order valence-corrected chi connectivity index (χ0v) is 22.4. The van der Waals surface area contributed by atoms with Crippen molar-refractivity contribution in [1.29, 1.82) is 0 Å². The molecular formula is C20H35N6O6PS2. The number of hydrogen-bond acceptors (Lipinski definition) is 9. The number of imidazole rings is 1. The minimum absolute atomic E-state index is 0.130. The average Bonchev–Trinajstić information content (AvgIpc) is 3.21. The van der Waals surface area contributed by atoms with Crippen molar-refractivity contribution >= 4 is 54.1 Å². The summed E-state index contributed by atoms with van der Waals surface area (Å²) in [6, 6.07) is 0. The van der Waals surface area contributed by atoms with Gasteiger partial charge in [-0.15, -0.1) is 0 Å². The quantitative estimate of drug-likeness (QED) is 0.0922. The molecule has 2 aromatic heterocycles. The molecule has 0 aliphatic carbocycles. The van der Waals surface area contributed by atoms with E-state index < -0.39 is 38.8 Å². The van der Waals surface area contributed by atoms with Crippen LogP contribution in [-0.2, 0) is 9.30 Å². The molecule has 0 radical (unpaired) electrons. The number of thiocarbonyl (C=S) groups is 1. The molecule has 7 N–H and O–H groups in total. The number of aromatic amines is 1. The van der Waals surface area contributed by atoms with Crippen molar-refractivity contribution in [1.82, 2.24) is 24.8 Å². The number of unbranched alkanes of at least 4 members (excludes halogenated alkanes) is 3. The maximum atomic E-state index is 11.3. The van der Waals surface area contributed by atoms with Crippen LogP contribution >= 0.6 is 32.0 Å². The number of ether oxygens (including phenoxy) is 1. The van der Waals surface area contributed by atoms with E-state index in [9.17, 15) is 14.8 Å². The van der Waals surface area contributed by atoms with E-state index in [1.54, 1.807) is 11.5 Å². The number of H-pyrrole nitrogens is 1. The van der Waals surface area contributed by atoms with E-state index in [4.69, 9.17) is 39.0 Å². The molecule has 0 saturated carbocycles. The Morgan fingerprint density at radius 3 is 2.60 bits per heavy atom. The summed E-state index contributed by atoms with van der Waals surface area (Å²) in [5.41, 5.74) is 1.02. The largest absolute Gasteiger partial charge is 0.394 e. The van der Waals surface area contributed by atoms with Gasteiger partial charge in [-0.05, 0) is 33.1 Å². The third kappa shape index (κ3) is 10.2. The van der Waals surface area contributed by atoms with E-state index in [1.165, 1.54) is 6.33 Å². The summed E-state index contributed by atoms with van der Waals surface area (Å²) in [6.45, 7) is 4.55. The van der Waals surface area contributed by atoms with Crippen molar-refractivity contribution < 1.29 is 29.3 Å². The Labute approximate surface area is 214 Å². The van der Waals surface area contributed by atoms with Crippen molar-refractivity contribution in [3.05, 3.63) is 11.0 Å². The van der Waals surface area contributed by atoms with E-state index in [-0.39, 0.29) is 6.42 Å². The van der Waals surface area contributed by atoms with E-state index in [0.29, 0.717) is 28.3 Å². The normalized spacial score (nSPS) is 14.6. The van der Waals surface area contributed by atoms with Crippen LogP contribution in [0.5, 0.6) is 0 Å². The predicted molar refractivity (Wildman–Crippen MR) is 140 cm³/mol. The molecule has 0 bridgehead atoms. The number of rotatable bonds is 16. The van der Waals surface area contributed by atoms with E-state index in [1.807, 2.05) is 6.92 Å². The molecule has 0 aliphatic heterocycles. The summed E-state index contributed by atoms with van der Waals surface area (Å²) in [5.74, 6) is 0.489. The van der Waals surface area contributed by atoms with Gasteiger partial charge in [0.1, 0.15) is 23.5 Å². The summed E-state index contributed by atoms with van der Waals surface area (Å²) in [5, 5.41) is 25.8. The van der Waals surface area contributed by atoms with Gasteiger partial charge in [0.15, 0.2) is 4.64 Å². The fraction of sp³-hybridized carbons (Fsp3) is 0.700. The van der Waals surface area contributed by atoms with Crippen molar-refractivity contribution in [2.45, 2.75) is 64.4 Å². The Bertz CT molecular complexity index is 1060. The Morgan fingerprint density at radius 2 is 1.97 bits per heavy atom. The zero-order valence-electron chi connectivity index (χ0n) is 19.9. The van der Waals surface area contributed by atoms with Gasteiger partial charge in [0, 0.05) is 13.1 Å². The summed E-state index contributed by atoms with van der Waals surface area (Å²) < 4.78 is 19.1. The fourth-order valence-corrected chi connectivity index (χ4v) is 4.39. The second-order valence-corrected chi connectivity index (χ2v) is 11.0. The lowest BCUT2D eigenvalue weighted by Crippen LogP contribution is -2.34. The van der Waals surface area contributed by atoms with E-state index >= 15 is 0 Å². The number of nitrogens with one attached hydrogen (secondary N) is 3. The topological polar surface area (TPSA) is 178 Å². The fourth-order valence-electron chi connectivity index (χ4n) is 3.45. The van der Waals surface area contributed by atoms with Crippen LogP contribution in [0, 0.1) is 4.64 Å². The first kappa shape index (κ1) is 29.7. The van der Waals surface area contributed by atoms with Gasteiger partial charge in [0.25, 0.3) is 0 Å². The second-order valence-electron chi connectivity index (χ2n) is 8.26. The molecule has 2 heterocycles. The van der Waals surface area contributed by atoms with Gasteiger partial charge in [-0.25, -0.2) is 9.97 Å². The highest BCUT2D eigenvalue weighted by Gasteiger charge is 2.26. The summed E-state index contributed by atoms with van der Waals surface area (Å²) >= 11 is 10.4. The third-order valence-electron chi connectivity index (χ3n) is 5.30. The molecule has 198 valence electrons. The lowest BCUT2D eigenvalue weighted by Gasteiger charge is -2.26. The van der Waals surface area contributed by atoms with Crippen LogP contribution in [0.4, 0.5) is 5.95 Å². The van der Waals surface area contributed by atoms with Crippen LogP contribution in [0.15, 0.2) is 6.33 Å². The van der Waals surface area contributed by atoms with E-state index in [2.05, 4.69) is 25.6 Å². The van der Waals surface area contributed by atoms with Gasteiger partial charge in [-0.2, -0.15) is 0 Å². The first-order chi connectivity index (χ1) is 16.5. The highest BCUT2D eigenvalue weighted by Crippen LogP contribution is 2.36. The van der Waals surface area contributed by atoms with Crippen molar-refractivity contribution in [3.63, 3.8) is 0 Å². The number of aliphatic hydroxyl groups is 2. The van der Waals surface area contributed by atoms with Crippen LogP contribution in [0.3, 0.4) is 0 Å². The third-order valence-corrected chi connectivity index (χ3v) is 6.57. The predicted octanol–water partition coefficient (Wildman–Crippen LogP) is 2.22. The standard InChI is InChI=1S/C20H35N6O6PS2/c1-13(34)21-8-5-3-4-6-9-22-20-24-18-17(19(35)25-20)23-12-26(18)14(2)32-16(15(28)11-27)7-10-33(29,30)31/h12,14-16,27-28H,3-11H2,1-2H3,(H,21,34)(H2,29,30,31)(H2,22,24,25,35)/t14?,15-,16-/m1/s1. The van der Waals surface area contributed by atoms with Crippen LogP contribution < -0.4 is 10.6 Å². The first-order valence-electron chi connectivity index (χ1n) is 11.5. The number of nitrogens with zero attached hydrogens (tertiary/aromatic N) is 3. The molecule has 2 aromatic rings. The van der Waals surface area contributed by atoms with Gasteiger partial charge < -0.3 is 40.4 Å². The van der Waals surface area contributed by atoms with Crippen LogP contribution in [-0.4, -0.2) is 82.6 Å². The van der Waals surface area contributed by atoms with Crippen LogP contribution in [0.2, 0.25) is 0 Å². The minimum atomic E-state index is -4.29. The van der Waals surface area contributed by atoms with Gasteiger partial charge in [0.05, 0.1) is 30.2 Å². The minimum Gasteiger partial charge on any atom is -0.394 e. The van der Waals surface area contributed by atoms with Gasteiger partial charge >= 0.3 is 7.60 Å². The molecule has 1 unspecified atom stereocenters. The summed E-state index contributed by atoms with van der Waals surface area (Å²) in [7, 11) is -4.29. The molecule has 0 aliphatic rings. The SMILES string of the molecule is CC(=S)NCCCCCCNc1nc(=S)c2ncn(C(C)O[C@H](CCP(=O)(O)O)[C@H](O)CO)c2[nH]1. The summed E-state index contributed by atoms with van der Waals surface area (Å²) in [6.07, 6.45) is 2.07. The van der Waals surface area contributed by atoms with Crippen molar-refractivity contribution in [2.24, 2.45) is 0 Å². The maximum absolute atomic E-state index is 11.3. The average molecular weight is 551 g/mol. The second kappa shape index (κ2) is 14.3. The number of aliphatic hydroxyl groups excluding tert-OH is 2. The Balaban J connectivity index is 2.01. The van der Waals surface area contributed by atoms with Crippen LogP contribution in [0.1, 0.15) is 52.2 Å². The number of anilines is 1. The molecule has 0 saturated heterocycles. The molecule has 0 fully saturated rings. The Morgan fingerprint density at radius 1 is 1.29 bits per heavy atom. The molecular weight excluding hydrogens is 515 g/mol. The molecule has 12 nitrogen and oxygen atoms in total.